The number of imidazole rings is 1. The van der Waals surface area contributed by atoms with E-state index in [1.54, 1.807) is 23.4 Å². The summed E-state index contributed by atoms with van der Waals surface area (Å²) < 4.78 is 11.0. The highest BCUT2D eigenvalue weighted by Gasteiger charge is 2.17. The molecule has 0 spiro atoms. The molecule has 33 heavy (non-hydrogen) atoms. The van der Waals surface area contributed by atoms with Crippen LogP contribution in [0.25, 0.3) is 16.7 Å². The van der Waals surface area contributed by atoms with Gasteiger partial charge in [-0.2, -0.15) is 0 Å². The lowest BCUT2D eigenvalue weighted by molar-refractivity contribution is 0.190. The lowest BCUT2D eigenvalue weighted by Crippen LogP contribution is -2.24. The van der Waals surface area contributed by atoms with Gasteiger partial charge in [-0.25, -0.2) is 4.98 Å². The first-order valence-corrected chi connectivity index (χ1v) is 11.8. The van der Waals surface area contributed by atoms with Crippen molar-refractivity contribution in [1.29, 1.82) is 0 Å². The van der Waals surface area contributed by atoms with Gasteiger partial charge in [-0.05, 0) is 24.1 Å². The Kier molecular flexibility index (Phi) is 6.23. The second-order valence-electron chi connectivity index (χ2n) is 7.68. The third kappa shape index (κ3) is 4.29. The molecule has 0 amide bonds. The van der Waals surface area contributed by atoms with E-state index in [4.69, 9.17) is 4.74 Å². The van der Waals surface area contributed by atoms with Crippen LogP contribution in [0.4, 0.5) is 0 Å². The first-order chi connectivity index (χ1) is 16.3. The summed E-state index contributed by atoms with van der Waals surface area (Å²) in [6, 6.07) is 17.9. The Labute approximate surface area is 194 Å². The van der Waals surface area contributed by atoms with Crippen LogP contribution in [0.2, 0.25) is 0 Å². The number of hydrogen-bond donors (Lipinski definition) is 0. The topological polar surface area (TPSA) is 79.2 Å². The van der Waals surface area contributed by atoms with Crippen molar-refractivity contribution in [2.75, 3.05) is 13.7 Å². The number of benzene rings is 2. The van der Waals surface area contributed by atoms with Gasteiger partial charge in [0.15, 0.2) is 5.16 Å². The largest absolute Gasteiger partial charge is 0.385 e. The highest BCUT2D eigenvalue weighted by Crippen LogP contribution is 2.24. The fourth-order valence-electron chi connectivity index (χ4n) is 3.93. The molecule has 0 N–H and O–H groups in total. The van der Waals surface area contributed by atoms with Crippen molar-refractivity contribution in [2.24, 2.45) is 0 Å². The Morgan fingerprint density at radius 3 is 2.70 bits per heavy atom. The predicted molar refractivity (Wildman–Crippen MR) is 129 cm³/mol. The average molecular weight is 461 g/mol. The van der Waals surface area contributed by atoms with E-state index in [-0.39, 0.29) is 5.56 Å². The van der Waals surface area contributed by atoms with E-state index < -0.39 is 0 Å². The summed E-state index contributed by atoms with van der Waals surface area (Å²) in [6.07, 6.45) is 4.54. The molecule has 3 heterocycles. The van der Waals surface area contributed by atoms with Gasteiger partial charge in [-0.1, -0.05) is 54.2 Å². The van der Waals surface area contributed by atoms with Crippen molar-refractivity contribution < 1.29 is 4.74 Å². The summed E-state index contributed by atoms with van der Waals surface area (Å²) in [5.41, 5.74) is 1.97. The highest BCUT2D eigenvalue weighted by atomic mass is 32.2. The lowest BCUT2D eigenvalue weighted by atomic mass is 10.2. The smallest absolute Gasteiger partial charge is 0.262 e. The number of rotatable bonds is 9. The average Bonchev–Trinajstić information content (AvgIpc) is 3.47. The van der Waals surface area contributed by atoms with Crippen LogP contribution in [-0.2, 0) is 23.6 Å². The van der Waals surface area contributed by atoms with E-state index in [0.29, 0.717) is 30.1 Å². The van der Waals surface area contributed by atoms with Gasteiger partial charge < -0.3 is 9.30 Å². The highest BCUT2D eigenvalue weighted by molar-refractivity contribution is 7.98. The normalized spacial score (nSPS) is 11.5. The maximum atomic E-state index is 13.1. The van der Waals surface area contributed by atoms with Crippen LogP contribution >= 0.6 is 11.8 Å². The van der Waals surface area contributed by atoms with Crippen molar-refractivity contribution in [1.82, 2.24) is 28.7 Å². The van der Waals surface area contributed by atoms with Gasteiger partial charge in [0.1, 0.15) is 5.82 Å². The Morgan fingerprint density at radius 2 is 1.85 bits per heavy atom. The van der Waals surface area contributed by atoms with Crippen LogP contribution in [0.15, 0.2) is 76.9 Å². The van der Waals surface area contributed by atoms with Gasteiger partial charge in [0.05, 0.1) is 16.7 Å². The maximum Gasteiger partial charge on any atom is 0.262 e. The molecule has 0 saturated heterocycles. The second kappa shape index (κ2) is 9.60. The third-order valence-corrected chi connectivity index (χ3v) is 6.46. The minimum atomic E-state index is -0.0587. The number of thioether (sulfide) groups is 1. The molecular formula is C24H24N6O2S. The van der Waals surface area contributed by atoms with Gasteiger partial charge in [0, 0.05) is 39.2 Å². The van der Waals surface area contributed by atoms with E-state index in [2.05, 4.69) is 31.9 Å². The molecule has 0 bridgehead atoms. The summed E-state index contributed by atoms with van der Waals surface area (Å²) in [5, 5.41) is 10.2. The minimum absolute atomic E-state index is 0.0587. The number of hydrogen-bond acceptors (Lipinski definition) is 6. The zero-order valence-electron chi connectivity index (χ0n) is 18.3. The van der Waals surface area contributed by atoms with Gasteiger partial charge in [0.25, 0.3) is 5.56 Å². The molecule has 168 valence electrons. The van der Waals surface area contributed by atoms with E-state index in [9.17, 15) is 4.79 Å². The van der Waals surface area contributed by atoms with E-state index in [1.807, 2.05) is 59.3 Å². The third-order valence-electron chi connectivity index (χ3n) is 5.54. The van der Waals surface area contributed by atoms with E-state index in [0.717, 1.165) is 29.5 Å². The maximum absolute atomic E-state index is 13.1. The fraction of sp³-hybridized carbons (Fsp3) is 0.250. The molecule has 0 unspecified atom stereocenters. The molecule has 2 aromatic carbocycles. The van der Waals surface area contributed by atoms with Crippen LogP contribution in [0.1, 0.15) is 17.8 Å². The van der Waals surface area contributed by atoms with E-state index >= 15 is 0 Å². The van der Waals surface area contributed by atoms with Crippen LogP contribution in [-0.4, -0.2) is 42.4 Å². The Balaban J connectivity index is 1.48. The molecule has 8 nitrogen and oxygen atoms in total. The SMILES string of the molecule is COCCCn1c(=O)c2ccccc2n2c(SCc3nccn3Cc3ccccc3)nnc12. The van der Waals surface area contributed by atoms with Gasteiger partial charge in [0.2, 0.25) is 5.78 Å². The van der Waals surface area contributed by atoms with Gasteiger partial charge >= 0.3 is 0 Å². The molecule has 3 aromatic heterocycles. The summed E-state index contributed by atoms with van der Waals surface area (Å²) in [6.45, 7) is 1.86. The Morgan fingerprint density at radius 1 is 1.03 bits per heavy atom. The van der Waals surface area contributed by atoms with Crippen molar-refractivity contribution in [3.8, 4) is 0 Å². The molecule has 0 aliphatic rings. The zero-order chi connectivity index (χ0) is 22.6. The molecule has 5 rings (SSSR count). The van der Waals surface area contributed by atoms with Crippen LogP contribution in [0.3, 0.4) is 0 Å². The standard InChI is InChI=1S/C24H24N6O2S/c1-32-15-7-13-29-22(31)19-10-5-6-11-20(19)30-23(29)26-27-24(30)33-17-21-25-12-14-28(21)16-18-8-3-2-4-9-18/h2-6,8-12,14H,7,13,15-17H2,1H3. The number of methoxy groups -OCH3 is 1. The molecule has 9 heteroatoms. The van der Waals surface area contributed by atoms with Crippen molar-refractivity contribution >= 4 is 28.4 Å². The molecule has 0 aliphatic carbocycles. The van der Waals surface area contributed by atoms with Crippen LogP contribution < -0.4 is 5.56 Å². The fourth-order valence-corrected chi connectivity index (χ4v) is 4.84. The molecule has 0 saturated carbocycles. The molecule has 0 aliphatic heterocycles. The molecular weight excluding hydrogens is 436 g/mol. The summed E-state index contributed by atoms with van der Waals surface area (Å²) in [7, 11) is 1.66. The summed E-state index contributed by atoms with van der Waals surface area (Å²) in [4.78, 5) is 17.7. The summed E-state index contributed by atoms with van der Waals surface area (Å²) >= 11 is 1.56. The van der Waals surface area contributed by atoms with Gasteiger partial charge in [-0.15, -0.1) is 10.2 Å². The van der Waals surface area contributed by atoms with Crippen LogP contribution in [0.5, 0.6) is 0 Å². The molecule has 0 atom stereocenters. The minimum Gasteiger partial charge on any atom is -0.385 e. The van der Waals surface area contributed by atoms with Crippen molar-refractivity contribution in [3.05, 3.63) is 88.7 Å². The molecule has 0 fully saturated rings. The number of nitrogens with zero attached hydrogens (tertiary/aromatic N) is 6. The Hall–Kier alpha value is -3.43. The summed E-state index contributed by atoms with van der Waals surface area (Å²) in [5.74, 6) is 2.14. The molecule has 5 aromatic rings. The number of fused-ring (bicyclic) bond motifs is 3. The van der Waals surface area contributed by atoms with Crippen molar-refractivity contribution in [3.63, 3.8) is 0 Å². The first-order valence-electron chi connectivity index (χ1n) is 10.8. The van der Waals surface area contributed by atoms with E-state index in [1.165, 1.54) is 5.56 Å². The first kappa shape index (κ1) is 21.4. The number of aromatic nitrogens is 6. The number of aryl methyl sites for hydroxylation is 1. The predicted octanol–water partition coefficient (Wildman–Crippen LogP) is 3.62. The lowest BCUT2D eigenvalue weighted by Gasteiger charge is -2.11. The van der Waals surface area contributed by atoms with Gasteiger partial charge in [-0.3, -0.25) is 13.8 Å². The Bertz CT molecular complexity index is 1440. The number of para-hydroxylation sites is 1. The second-order valence-corrected chi connectivity index (χ2v) is 8.63. The zero-order valence-corrected chi connectivity index (χ0v) is 19.1. The monoisotopic (exact) mass is 460 g/mol. The molecule has 0 radical (unpaired) electrons. The quantitative estimate of drug-likeness (QED) is 0.247. The number of ether oxygens (including phenoxy) is 1. The van der Waals surface area contributed by atoms with Crippen molar-refractivity contribution in [2.45, 2.75) is 30.4 Å². The van der Waals surface area contributed by atoms with Crippen LogP contribution in [0, 0.1) is 0 Å².